The van der Waals surface area contributed by atoms with Gasteiger partial charge in [-0.3, -0.25) is 14.9 Å². The van der Waals surface area contributed by atoms with Gasteiger partial charge in [0.05, 0.1) is 9.95 Å². The van der Waals surface area contributed by atoms with E-state index in [1.807, 2.05) is 6.92 Å². The van der Waals surface area contributed by atoms with E-state index in [0.717, 1.165) is 11.6 Å². The summed E-state index contributed by atoms with van der Waals surface area (Å²) in [6.07, 6.45) is 1.59. The third kappa shape index (κ3) is 3.26. The number of benzene rings is 1. The van der Waals surface area contributed by atoms with Gasteiger partial charge >= 0.3 is 0 Å². The second-order valence-electron chi connectivity index (χ2n) is 4.32. The number of pyridine rings is 1. The van der Waals surface area contributed by atoms with Gasteiger partial charge in [-0.05, 0) is 24.6 Å². The summed E-state index contributed by atoms with van der Waals surface area (Å²) in [6.45, 7) is 1.86. The summed E-state index contributed by atoms with van der Waals surface area (Å²) in [6, 6.07) is 5.75. The zero-order valence-corrected chi connectivity index (χ0v) is 11.7. The van der Waals surface area contributed by atoms with E-state index in [-0.39, 0.29) is 16.3 Å². The molecule has 1 amide bonds. The van der Waals surface area contributed by atoms with Crippen LogP contribution in [-0.4, -0.2) is 15.8 Å². The van der Waals surface area contributed by atoms with Gasteiger partial charge in [-0.1, -0.05) is 17.7 Å². The highest BCUT2D eigenvalue weighted by molar-refractivity contribution is 6.34. The summed E-state index contributed by atoms with van der Waals surface area (Å²) >= 11 is 5.81. The van der Waals surface area contributed by atoms with Crippen molar-refractivity contribution in [3.8, 4) is 0 Å². The van der Waals surface area contributed by atoms with E-state index in [0.29, 0.717) is 5.82 Å². The minimum absolute atomic E-state index is 0.0308. The molecule has 7 nitrogen and oxygen atoms in total. The zero-order valence-electron chi connectivity index (χ0n) is 11.0. The lowest BCUT2D eigenvalue weighted by Crippen LogP contribution is -2.13. The second-order valence-corrected chi connectivity index (χ2v) is 4.73. The zero-order chi connectivity index (χ0) is 15.6. The first-order valence-corrected chi connectivity index (χ1v) is 6.23. The quantitative estimate of drug-likeness (QED) is 0.514. The Hall–Kier alpha value is -2.67. The number of halogens is 1. The fourth-order valence-corrected chi connectivity index (χ4v) is 1.83. The molecule has 2 rings (SSSR count). The Bertz CT molecular complexity index is 716. The minimum Gasteiger partial charge on any atom is -0.392 e. The van der Waals surface area contributed by atoms with Crippen molar-refractivity contribution in [3.63, 3.8) is 0 Å². The predicted molar refractivity (Wildman–Crippen MR) is 79.4 cm³/mol. The largest absolute Gasteiger partial charge is 0.392 e. The smallest absolute Gasteiger partial charge is 0.294 e. The molecule has 0 unspecified atom stereocenters. The highest BCUT2D eigenvalue weighted by Crippen LogP contribution is 2.31. The number of nitrogens with zero attached hydrogens (tertiary/aromatic N) is 2. The first-order chi connectivity index (χ1) is 9.88. The van der Waals surface area contributed by atoms with Crippen molar-refractivity contribution in [1.82, 2.24) is 4.98 Å². The third-order valence-corrected chi connectivity index (χ3v) is 3.03. The Morgan fingerprint density at radius 1 is 1.43 bits per heavy atom. The fourth-order valence-electron chi connectivity index (χ4n) is 1.62. The van der Waals surface area contributed by atoms with Crippen LogP contribution in [0.4, 0.5) is 17.2 Å². The van der Waals surface area contributed by atoms with Gasteiger partial charge in [0.1, 0.15) is 11.5 Å². The Morgan fingerprint density at radius 2 is 2.14 bits per heavy atom. The van der Waals surface area contributed by atoms with Gasteiger partial charge in [0.25, 0.3) is 11.6 Å². The Balaban J connectivity index is 2.31. The first-order valence-electron chi connectivity index (χ1n) is 5.86. The molecule has 21 heavy (non-hydrogen) atoms. The average Bonchev–Trinajstić information content (AvgIpc) is 2.43. The molecule has 108 valence electrons. The van der Waals surface area contributed by atoms with Crippen molar-refractivity contribution in [2.45, 2.75) is 6.92 Å². The minimum atomic E-state index is -0.692. The highest BCUT2D eigenvalue weighted by Gasteiger charge is 2.19. The maximum Gasteiger partial charge on any atom is 0.294 e. The van der Waals surface area contributed by atoms with E-state index in [4.69, 9.17) is 17.3 Å². The number of anilines is 2. The maximum atomic E-state index is 12.1. The number of nitro groups is 1. The molecular weight excluding hydrogens is 296 g/mol. The van der Waals surface area contributed by atoms with Crippen molar-refractivity contribution < 1.29 is 9.72 Å². The molecule has 0 saturated heterocycles. The highest BCUT2D eigenvalue weighted by atomic mass is 35.5. The van der Waals surface area contributed by atoms with E-state index in [1.165, 1.54) is 6.07 Å². The number of nitrogen functional groups attached to an aromatic ring is 1. The van der Waals surface area contributed by atoms with Crippen molar-refractivity contribution in [3.05, 3.63) is 56.7 Å². The van der Waals surface area contributed by atoms with E-state index in [9.17, 15) is 14.9 Å². The lowest BCUT2D eigenvalue weighted by molar-refractivity contribution is -0.383. The van der Waals surface area contributed by atoms with E-state index < -0.39 is 16.5 Å². The molecule has 1 heterocycles. The average molecular weight is 307 g/mol. The van der Waals surface area contributed by atoms with Gasteiger partial charge < -0.3 is 11.1 Å². The molecule has 1 aromatic carbocycles. The van der Waals surface area contributed by atoms with Gasteiger partial charge in [0.15, 0.2) is 0 Å². The lowest BCUT2D eigenvalue weighted by atomic mass is 10.1. The van der Waals surface area contributed by atoms with Crippen LogP contribution in [-0.2, 0) is 0 Å². The van der Waals surface area contributed by atoms with E-state index in [2.05, 4.69) is 10.3 Å². The number of nitrogens with two attached hydrogens (primary N) is 1. The SMILES string of the molecule is Cc1ccc(NC(=O)c2cc(Cl)c(N)c([N+](=O)[O-])c2)nc1. The van der Waals surface area contributed by atoms with Gasteiger partial charge in [-0.2, -0.15) is 0 Å². The molecule has 0 aliphatic rings. The van der Waals surface area contributed by atoms with Gasteiger partial charge in [-0.15, -0.1) is 0 Å². The molecule has 0 fully saturated rings. The first kappa shape index (κ1) is 14.7. The number of hydrogen-bond donors (Lipinski definition) is 2. The van der Waals surface area contributed by atoms with Crippen LogP contribution in [0, 0.1) is 17.0 Å². The standard InChI is InChI=1S/C13H11ClN4O3/c1-7-2-3-11(16-6-7)17-13(19)8-4-9(14)12(15)10(5-8)18(20)21/h2-6H,15H2,1H3,(H,16,17,19). The molecule has 0 aliphatic carbocycles. The predicted octanol–water partition coefficient (Wildman–Crippen LogP) is 2.79. The molecule has 0 bridgehead atoms. The Kier molecular flexibility index (Phi) is 4.04. The van der Waals surface area contributed by atoms with Gasteiger partial charge in [-0.25, -0.2) is 4.98 Å². The number of carbonyl (C=O) groups excluding carboxylic acids is 1. The number of hydrogen-bond acceptors (Lipinski definition) is 5. The summed E-state index contributed by atoms with van der Waals surface area (Å²) in [5.41, 5.74) is 5.89. The number of rotatable bonds is 3. The number of nitrogens with one attached hydrogen (secondary N) is 1. The number of nitro benzene ring substituents is 1. The molecule has 0 saturated carbocycles. The number of carbonyl (C=O) groups is 1. The molecule has 0 aliphatic heterocycles. The Labute approximate surface area is 124 Å². The lowest BCUT2D eigenvalue weighted by Gasteiger charge is -2.07. The number of aromatic nitrogens is 1. The van der Waals surface area contributed by atoms with Gasteiger partial charge in [0.2, 0.25) is 0 Å². The molecule has 8 heteroatoms. The van der Waals surface area contributed by atoms with Gasteiger partial charge in [0, 0.05) is 17.8 Å². The van der Waals surface area contributed by atoms with Crippen LogP contribution in [0.5, 0.6) is 0 Å². The van der Waals surface area contributed by atoms with E-state index in [1.54, 1.807) is 18.3 Å². The van der Waals surface area contributed by atoms with E-state index >= 15 is 0 Å². The van der Waals surface area contributed by atoms with Crippen molar-refractivity contribution >= 4 is 34.7 Å². The van der Waals surface area contributed by atoms with Crippen LogP contribution >= 0.6 is 11.6 Å². The van der Waals surface area contributed by atoms with Crippen molar-refractivity contribution in [2.24, 2.45) is 0 Å². The molecule has 1 aromatic heterocycles. The summed E-state index contributed by atoms with van der Waals surface area (Å²) in [7, 11) is 0. The number of aryl methyl sites for hydroxylation is 1. The molecule has 0 atom stereocenters. The summed E-state index contributed by atoms with van der Waals surface area (Å²) < 4.78 is 0. The second kappa shape index (κ2) is 5.76. The molecule has 2 aromatic rings. The van der Waals surface area contributed by atoms with Crippen LogP contribution in [0.25, 0.3) is 0 Å². The topological polar surface area (TPSA) is 111 Å². The van der Waals surface area contributed by atoms with Crippen LogP contribution in [0.15, 0.2) is 30.5 Å². The molecular formula is C13H11ClN4O3. The van der Waals surface area contributed by atoms with Crippen LogP contribution in [0.1, 0.15) is 15.9 Å². The van der Waals surface area contributed by atoms with Crippen LogP contribution < -0.4 is 11.1 Å². The van der Waals surface area contributed by atoms with Crippen LogP contribution in [0.3, 0.4) is 0 Å². The summed E-state index contributed by atoms with van der Waals surface area (Å²) in [4.78, 5) is 26.3. The summed E-state index contributed by atoms with van der Waals surface area (Å²) in [5.74, 6) is -0.224. The molecule has 0 radical (unpaired) electrons. The fraction of sp³-hybridized carbons (Fsp3) is 0.0769. The maximum absolute atomic E-state index is 12.1. The monoisotopic (exact) mass is 306 g/mol. The normalized spacial score (nSPS) is 10.2. The number of amides is 1. The van der Waals surface area contributed by atoms with Crippen molar-refractivity contribution in [1.29, 1.82) is 0 Å². The molecule has 3 N–H and O–H groups in total. The third-order valence-electron chi connectivity index (χ3n) is 2.72. The van der Waals surface area contributed by atoms with Crippen LogP contribution in [0.2, 0.25) is 5.02 Å². The summed E-state index contributed by atoms with van der Waals surface area (Å²) in [5, 5.41) is 13.3. The van der Waals surface area contributed by atoms with Crippen molar-refractivity contribution in [2.75, 3.05) is 11.1 Å². The Morgan fingerprint density at radius 3 is 2.71 bits per heavy atom. The molecule has 0 spiro atoms.